The molecule has 1 heterocycles. The van der Waals surface area contributed by atoms with E-state index in [1.807, 2.05) is 25.5 Å². The molecule has 1 aromatic heterocycles. The quantitative estimate of drug-likeness (QED) is 0.861. The van der Waals surface area contributed by atoms with Crippen LogP contribution in [0.1, 0.15) is 45.3 Å². The second-order valence-corrected chi connectivity index (χ2v) is 6.11. The average molecular weight is 282 g/mol. The first-order chi connectivity index (χ1) is 9.39. The molecule has 1 aliphatic rings. The number of carbonyl (C=O) groups is 1. The summed E-state index contributed by atoms with van der Waals surface area (Å²) in [6.45, 7) is 5.60. The molecule has 1 aromatic rings. The van der Waals surface area contributed by atoms with E-state index >= 15 is 0 Å². The summed E-state index contributed by atoms with van der Waals surface area (Å²) >= 11 is 0. The molecule has 0 atom stereocenters. The fraction of sp³-hybridized carbons (Fsp3) is 0.769. The van der Waals surface area contributed by atoms with Crippen LogP contribution in [-0.2, 0) is 11.2 Å². The maximum atomic E-state index is 11.6. The molecule has 0 aromatic carbocycles. The van der Waals surface area contributed by atoms with Gasteiger partial charge in [0.25, 0.3) is 0 Å². The third kappa shape index (κ3) is 3.69. The van der Waals surface area contributed by atoms with Crippen molar-refractivity contribution >= 4 is 6.09 Å². The molecule has 1 amide bonds. The first-order valence-electron chi connectivity index (χ1n) is 6.88. The number of ether oxygens (including phenoxy) is 1. The van der Waals surface area contributed by atoms with E-state index < -0.39 is 5.60 Å². The molecule has 112 valence electrons. The fourth-order valence-electron chi connectivity index (χ4n) is 2.25. The van der Waals surface area contributed by atoms with Crippen LogP contribution in [0.15, 0.2) is 6.20 Å². The Morgan fingerprint density at radius 1 is 1.55 bits per heavy atom. The van der Waals surface area contributed by atoms with Crippen molar-refractivity contribution in [3.8, 4) is 0 Å². The van der Waals surface area contributed by atoms with Crippen LogP contribution in [0.25, 0.3) is 0 Å². The smallest absolute Gasteiger partial charge is 0.407 e. The molecule has 0 radical (unpaired) electrons. The van der Waals surface area contributed by atoms with E-state index in [9.17, 15) is 4.79 Å². The Labute approximate surface area is 118 Å². The normalized spacial score (nSPS) is 22.2. The highest BCUT2D eigenvalue weighted by Gasteiger charge is 2.34. The first kappa shape index (κ1) is 14.8. The second kappa shape index (κ2) is 5.78. The molecule has 1 saturated carbocycles. The number of rotatable bonds is 4. The van der Waals surface area contributed by atoms with Gasteiger partial charge in [-0.05, 0) is 33.6 Å². The average Bonchev–Trinajstić information content (AvgIpc) is 2.69. The third-order valence-electron chi connectivity index (χ3n) is 3.20. The summed E-state index contributed by atoms with van der Waals surface area (Å²) in [6.07, 6.45) is 3.45. The lowest BCUT2D eigenvalue weighted by Crippen LogP contribution is -2.47. The molecule has 7 heteroatoms. The molecule has 0 aliphatic heterocycles. The van der Waals surface area contributed by atoms with Crippen LogP contribution in [0.3, 0.4) is 0 Å². The highest BCUT2D eigenvalue weighted by molar-refractivity contribution is 5.68. The SMILES string of the molecule is CC(C)(C)OC(=O)NC1CC(n2nncc2CCO)C1. The number of hydrogen-bond acceptors (Lipinski definition) is 5. The minimum Gasteiger partial charge on any atom is -0.444 e. The number of amides is 1. The van der Waals surface area contributed by atoms with Crippen molar-refractivity contribution in [3.05, 3.63) is 11.9 Å². The molecular weight excluding hydrogens is 260 g/mol. The lowest BCUT2D eigenvalue weighted by molar-refractivity contribution is 0.0451. The highest BCUT2D eigenvalue weighted by atomic mass is 16.6. The number of alkyl carbamates (subject to hydrolysis) is 1. The number of nitrogens with zero attached hydrogens (tertiary/aromatic N) is 3. The molecule has 7 nitrogen and oxygen atoms in total. The Kier molecular flexibility index (Phi) is 4.27. The summed E-state index contributed by atoms with van der Waals surface area (Å²) < 4.78 is 7.05. The fourth-order valence-corrected chi connectivity index (χ4v) is 2.25. The molecule has 20 heavy (non-hydrogen) atoms. The zero-order chi connectivity index (χ0) is 14.8. The van der Waals surface area contributed by atoms with Crippen molar-refractivity contribution in [2.75, 3.05) is 6.61 Å². The van der Waals surface area contributed by atoms with Crippen molar-refractivity contribution in [1.29, 1.82) is 0 Å². The number of aromatic nitrogens is 3. The van der Waals surface area contributed by atoms with Gasteiger partial charge in [-0.25, -0.2) is 9.48 Å². The number of nitrogens with one attached hydrogen (secondary N) is 1. The van der Waals surface area contributed by atoms with Gasteiger partial charge in [0.2, 0.25) is 0 Å². The van der Waals surface area contributed by atoms with Crippen molar-refractivity contribution in [3.63, 3.8) is 0 Å². The summed E-state index contributed by atoms with van der Waals surface area (Å²) in [7, 11) is 0. The summed E-state index contributed by atoms with van der Waals surface area (Å²) in [5.74, 6) is 0. The maximum Gasteiger partial charge on any atom is 0.407 e. The predicted octanol–water partition coefficient (Wildman–Crippen LogP) is 1.04. The summed E-state index contributed by atoms with van der Waals surface area (Å²) in [5, 5.41) is 19.7. The van der Waals surface area contributed by atoms with Gasteiger partial charge >= 0.3 is 6.09 Å². The first-order valence-corrected chi connectivity index (χ1v) is 6.88. The highest BCUT2D eigenvalue weighted by Crippen LogP contribution is 2.32. The van der Waals surface area contributed by atoms with Gasteiger partial charge in [-0.2, -0.15) is 0 Å². The molecule has 1 fully saturated rings. The Balaban J connectivity index is 1.80. The number of aliphatic hydroxyl groups excluding tert-OH is 1. The van der Waals surface area contributed by atoms with E-state index in [-0.39, 0.29) is 24.8 Å². The predicted molar refractivity (Wildman–Crippen MR) is 72.2 cm³/mol. The number of carbonyl (C=O) groups excluding carboxylic acids is 1. The molecule has 0 spiro atoms. The number of aliphatic hydroxyl groups is 1. The van der Waals surface area contributed by atoms with E-state index in [0.29, 0.717) is 6.42 Å². The minimum atomic E-state index is -0.479. The molecule has 0 unspecified atom stereocenters. The topological polar surface area (TPSA) is 89.3 Å². The Bertz CT molecular complexity index is 460. The lowest BCUT2D eigenvalue weighted by atomic mass is 9.87. The van der Waals surface area contributed by atoms with E-state index in [2.05, 4.69) is 15.6 Å². The second-order valence-electron chi connectivity index (χ2n) is 6.11. The largest absolute Gasteiger partial charge is 0.444 e. The van der Waals surface area contributed by atoms with Gasteiger partial charge in [0, 0.05) is 19.1 Å². The van der Waals surface area contributed by atoms with Crippen molar-refractivity contribution < 1.29 is 14.6 Å². The van der Waals surface area contributed by atoms with Crippen LogP contribution in [0, 0.1) is 0 Å². The maximum absolute atomic E-state index is 11.6. The van der Waals surface area contributed by atoms with Gasteiger partial charge in [0.1, 0.15) is 5.60 Å². The van der Waals surface area contributed by atoms with Crippen LogP contribution in [0.5, 0.6) is 0 Å². The molecule has 0 bridgehead atoms. The molecule has 1 aliphatic carbocycles. The standard InChI is InChI=1S/C13H22N4O3/c1-13(2,3)20-12(19)15-9-6-11(7-9)17-10(4-5-18)8-14-16-17/h8-9,11,18H,4-7H2,1-3H3,(H,15,19). The van der Waals surface area contributed by atoms with Crippen LogP contribution >= 0.6 is 0 Å². The van der Waals surface area contributed by atoms with Crippen LogP contribution < -0.4 is 5.32 Å². The molecule has 2 rings (SSSR count). The van der Waals surface area contributed by atoms with Crippen LogP contribution in [-0.4, -0.2) is 44.4 Å². The van der Waals surface area contributed by atoms with Gasteiger partial charge in [-0.1, -0.05) is 5.21 Å². The van der Waals surface area contributed by atoms with E-state index in [0.717, 1.165) is 18.5 Å². The summed E-state index contributed by atoms with van der Waals surface area (Å²) in [4.78, 5) is 11.6. The Morgan fingerprint density at radius 3 is 2.85 bits per heavy atom. The van der Waals surface area contributed by atoms with Crippen molar-refractivity contribution in [2.45, 2.75) is 57.7 Å². The molecule has 0 saturated heterocycles. The minimum absolute atomic E-state index is 0.0830. The van der Waals surface area contributed by atoms with Crippen molar-refractivity contribution in [2.24, 2.45) is 0 Å². The van der Waals surface area contributed by atoms with Gasteiger partial charge < -0.3 is 15.2 Å². The zero-order valence-corrected chi connectivity index (χ0v) is 12.2. The van der Waals surface area contributed by atoms with E-state index in [4.69, 9.17) is 9.84 Å². The van der Waals surface area contributed by atoms with Crippen molar-refractivity contribution in [1.82, 2.24) is 20.3 Å². The summed E-state index contributed by atoms with van der Waals surface area (Å²) in [6, 6.07) is 0.347. The van der Waals surface area contributed by atoms with Gasteiger partial charge in [-0.15, -0.1) is 5.10 Å². The third-order valence-corrected chi connectivity index (χ3v) is 3.20. The van der Waals surface area contributed by atoms with Crippen LogP contribution in [0.4, 0.5) is 4.79 Å². The van der Waals surface area contributed by atoms with Gasteiger partial charge in [-0.3, -0.25) is 0 Å². The van der Waals surface area contributed by atoms with Gasteiger partial charge in [0.05, 0.1) is 17.9 Å². The zero-order valence-electron chi connectivity index (χ0n) is 12.2. The van der Waals surface area contributed by atoms with E-state index in [1.165, 1.54) is 0 Å². The summed E-state index contributed by atoms with van der Waals surface area (Å²) in [5.41, 5.74) is 0.446. The Morgan fingerprint density at radius 2 is 2.25 bits per heavy atom. The molecular formula is C13H22N4O3. The lowest BCUT2D eigenvalue weighted by Gasteiger charge is -2.36. The number of hydrogen-bond donors (Lipinski definition) is 2. The monoisotopic (exact) mass is 282 g/mol. The van der Waals surface area contributed by atoms with Gasteiger partial charge in [0.15, 0.2) is 0 Å². The molecule has 2 N–H and O–H groups in total. The van der Waals surface area contributed by atoms with Crippen LogP contribution in [0.2, 0.25) is 0 Å². The Hall–Kier alpha value is -1.63. The van der Waals surface area contributed by atoms with E-state index in [1.54, 1.807) is 6.20 Å².